The summed E-state index contributed by atoms with van der Waals surface area (Å²) in [5, 5.41) is 0. The normalized spacial score (nSPS) is 21.5. The minimum Gasteiger partial charge on any atom is -0.464 e. The molecule has 6 nitrogen and oxygen atoms in total. The molecule has 0 bridgehead atoms. The zero-order valence-electron chi connectivity index (χ0n) is 11.6. The largest absolute Gasteiger partial charge is 0.464 e. The van der Waals surface area contributed by atoms with Crippen LogP contribution < -0.4 is 5.73 Å². The molecule has 6 heteroatoms. The molecule has 0 spiro atoms. The summed E-state index contributed by atoms with van der Waals surface area (Å²) in [6.45, 7) is 7.96. The second-order valence-corrected chi connectivity index (χ2v) is 5.22. The van der Waals surface area contributed by atoms with E-state index in [1.54, 1.807) is 11.8 Å². The summed E-state index contributed by atoms with van der Waals surface area (Å²) in [7, 11) is 2.02. The third kappa shape index (κ3) is 3.20. The molecule has 1 unspecified atom stereocenters. The average Bonchev–Trinajstić information content (AvgIpc) is 2.31. The lowest BCUT2D eigenvalue weighted by Gasteiger charge is -2.45. The number of hydrogen-bond donors (Lipinski definition) is 1. The van der Waals surface area contributed by atoms with Crippen LogP contribution in [0.1, 0.15) is 20.8 Å². The maximum atomic E-state index is 12.1. The van der Waals surface area contributed by atoms with Crippen LogP contribution in [-0.2, 0) is 14.3 Å². The van der Waals surface area contributed by atoms with E-state index in [0.717, 1.165) is 6.54 Å². The molecule has 0 aromatic carbocycles. The highest BCUT2D eigenvalue weighted by Gasteiger charge is 2.36. The van der Waals surface area contributed by atoms with Crippen LogP contribution in [0, 0.1) is 0 Å². The predicted octanol–water partition coefficient (Wildman–Crippen LogP) is -0.571. The lowest BCUT2D eigenvalue weighted by atomic mass is 9.99. The summed E-state index contributed by atoms with van der Waals surface area (Å²) in [5.74, 6) is -1.01. The van der Waals surface area contributed by atoms with Crippen molar-refractivity contribution in [2.24, 2.45) is 5.73 Å². The fraction of sp³-hybridized carbons (Fsp3) is 0.833. The van der Waals surface area contributed by atoms with Crippen LogP contribution in [0.3, 0.4) is 0 Å². The SMILES string of the molecule is CCOC(=O)C(N)C(=O)N1CCN(C)C(C)(C)C1. The quantitative estimate of drug-likeness (QED) is 0.541. The van der Waals surface area contributed by atoms with E-state index in [1.165, 1.54) is 0 Å². The minimum atomic E-state index is -1.20. The molecule has 0 aromatic heterocycles. The highest BCUT2D eigenvalue weighted by Crippen LogP contribution is 2.19. The van der Waals surface area contributed by atoms with Gasteiger partial charge < -0.3 is 15.4 Å². The van der Waals surface area contributed by atoms with Gasteiger partial charge in [-0.15, -0.1) is 0 Å². The summed E-state index contributed by atoms with van der Waals surface area (Å²) in [4.78, 5) is 27.4. The Bertz CT molecular complexity index is 331. The highest BCUT2D eigenvalue weighted by atomic mass is 16.5. The maximum Gasteiger partial charge on any atom is 0.332 e. The first kappa shape index (κ1) is 14.9. The van der Waals surface area contributed by atoms with Crippen LogP contribution in [0.15, 0.2) is 0 Å². The van der Waals surface area contributed by atoms with E-state index in [-0.39, 0.29) is 18.1 Å². The Balaban J connectivity index is 2.65. The predicted molar refractivity (Wildman–Crippen MR) is 67.9 cm³/mol. The topological polar surface area (TPSA) is 75.9 Å². The number of piperazine rings is 1. The van der Waals surface area contributed by atoms with Gasteiger partial charge in [0, 0.05) is 25.2 Å². The molecule has 1 aliphatic heterocycles. The molecule has 1 fully saturated rings. The number of carbonyl (C=O) groups is 2. The molecule has 1 rings (SSSR count). The number of nitrogens with two attached hydrogens (primary N) is 1. The highest BCUT2D eigenvalue weighted by molar-refractivity contribution is 6.01. The van der Waals surface area contributed by atoms with E-state index in [1.807, 2.05) is 7.05 Å². The third-order valence-corrected chi connectivity index (χ3v) is 3.43. The smallest absolute Gasteiger partial charge is 0.332 e. The number of hydrogen-bond acceptors (Lipinski definition) is 5. The number of carbonyl (C=O) groups excluding carboxylic acids is 2. The van der Waals surface area contributed by atoms with Crippen molar-refractivity contribution in [3.05, 3.63) is 0 Å². The van der Waals surface area contributed by atoms with Gasteiger partial charge in [0.25, 0.3) is 5.91 Å². The number of ether oxygens (including phenoxy) is 1. The number of nitrogens with zero attached hydrogens (tertiary/aromatic N) is 2. The Morgan fingerprint density at radius 2 is 2.00 bits per heavy atom. The van der Waals surface area contributed by atoms with Crippen LogP contribution >= 0.6 is 0 Å². The van der Waals surface area contributed by atoms with Crippen LogP contribution in [0.4, 0.5) is 0 Å². The first-order valence-corrected chi connectivity index (χ1v) is 6.22. The average molecular weight is 257 g/mol. The number of likely N-dealkylation sites (N-methyl/N-ethyl adjacent to an activating group) is 1. The Hall–Kier alpha value is -1.14. The van der Waals surface area contributed by atoms with Gasteiger partial charge in [-0.05, 0) is 27.8 Å². The molecule has 1 amide bonds. The van der Waals surface area contributed by atoms with Crippen LogP contribution in [0.5, 0.6) is 0 Å². The Morgan fingerprint density at radius 3 is 2.50 bits per heavy atom. The Morgan fingerprint density at radius 1 is 1.39 bits per heavy atom. The van der Waals surface area contributed by atoms with Crippen molar-refractivity contribution in [3.63, 3.8) is 0 Å². The van der Waals surface area contributed by atoms with Gasteiger partial charge in [0.1, 0.15) is 0 Å². The molecule has 2 N–H and O–H groups in total. The molecule has 1 aliphatic rings. The van der Waals surface area contributed by atoms with Crippen molar-refractivity contribution in [1.29, 1.82) is 0 Å². The van der Waals surface area contributed by atoms with Gasteiger partial charge in [0.2, 0.25) is 0 Å². The summed E-state index contributed by atoms with van der Waals surface area (Å²) >= 11 is 0. The second kappa shape index (κ2) is 5.67. The molecule has 1 atom stereocenters. The molecule has 0 radical (unpaired) electrons. The second-order valence-electron chi connectivity index (χ2n) is 5.22. The van der Waals surface area contributed by atoms with E-state index < -0.39 is 12.0 Å². The van der Waals surface area contributed by atoms with Gasteiger partial charge in [-0.1, -0.05) is 0 Å². The maximum absolute atomic E-state index is 12.1. The zero-order valence-corrected chi connectivity index (χ0v) is 11.6. The minimum absolute atomic E-state index is 0.109. The standard InChI is InChI=1S/C12H23N3O3/c1-5-18-11(17)9(13)10(16)15-7-6-14(4)12(2,3)8-15/h9H,5-8,13H2,1-4H3. The van der Waals surface area contributed by atoms with Crippen molar-refractivity contribution in [2.75, 3.05) is 33.3 Å². The van der Waals surface area contributed by atoms with Crippen molar-refractivity contribution in [3.8, 4) is 0 Å². The van der Waals surface area contributed by atoms with Crippen molar-refractivity contribution < 1.29 is 14.3 Å². The Labute approximate surface area is 108 Å². The molecular formula is C12H23N3O3. The van der Waals surface area contributed by atoms with E-state index in [9.17, 15) is 9.59 Å². The fourth-order valence-corrected chi connectivity index (χ4v) is 1.96. The molecule has 0 saturated carbocycles. The number of esters is 1. The fourth-order valence-electron chi connectivity index (χ4n) is 1.96. The van der Waals surface area contributed by atoms with E-state index in [4.69, 9.17) is 10.5 Å². The van der Waals surface area contributed by atoms with Gasteiger partial charge >= 0.3 is 5.97 Å². The molecule has 0 aromatic rings. The van der Waals surface area contributed by atoms with Crippen molar-refractivity contribution in [2.45, 2.75) is 32.4 Å². The van der Waals surface area contributed by atoms with Crippen molar-refractivity contribution >= 4 is 11.9 Å². The van der Waals surface area contributed by atoms with Crippen LogP contribution in [-0.4, -0.2) is 66.5 Å². The van der Waals surface area contributed by atoms with Crippen LogP contribution in [0.2, 0.25) is 0 Å². The lowest BCUT2D eigenvalue weighted by Crippen LogP contribution is -2.62. The van der Waals surface area contributed by atoms with Gasteiger partial charge in [-0.3, -0.25) is 9.69 Å². The van der Waals surface area contributed by atoms with Gasteiger partial charge in [-0.25, -0.2) is 4.79 Å². The molecule has 0 aliphatic carbocycles. The monoisotopic (exact) mass is 257 g/mol. The number of rotatable bonds is 3. The van der Waals surface area contributed by atoms with Gasteiger partial charge in [0.15, 0.2) is 6.04 Å². The van der Waals surface area contributed by atoms with Gasteiger partial charge in [-0.2, -0.15) is 0 Å². The van der Waals surface area contributed by atoms with E-state index in [2.05, 4.69) is 18.7 Å². The zero-order chi connectivity index (χ0) is 13.9. The summed E-state index contributed by atoms with van der Waals surface area (Å²) < 4.78 is 4.77. The first-order valence-electron chi connectivity index (χ1n) is 6.22. The molecule has 18 heavy (non-hydrogen) atoms. The molecule has 1 heterocycles. The molecule has 1 saturated heterocycles. The number of amides is 1. The first-order chi connectivity index (χ1) is 8.29. The molecule has 104 valence electrons. The Kier molecular flexibility index (Phi) is 4.70. The molecular weight excluding hydrogens is 234 g/mol. The summed E-state index contributed by atoms with van der Waals surface area (Å²) in [5.41, 5.74) is 5.51. The van der Waals surface area contributed by atoms with E-state index in [0.29, 0.717) is 13.1 Å². The van der Waals surface area contributed by atoms with E-state index >= 15 is 0 Å². The summed E-state index contributed by atoms with van der Waals surface area (Å²) in [6.07, 6.45) is 0. The third-order valence-electron chi connectivity index (χ3n) is 3.43. The summed E-state index contributed by atoms with van der Waals surface area (Å²) in [6, 6.07) is -1.20. The lowest BCUT2D eigenvalue weighted by molar-refractivity contribution is -0.152. The van der Waals surface area contributed by atoms with Gasteiger partial charge in [0.05, 0.1) is 6.61 Å². The van der Waals surface area contributed by atoms with Crippen LogP contribution in [0.25, 0.3) is 0 Å². The van der Waals surface area contributed by atoms with Crippen molar-refractivity contribution in [1.82, 2.24) is 9.80 Å².